The normalized spacial score (nSPS) is 26.4. The van der Waals surface area contributed by atoms with Crippen LogP contribution in [0.1, 0.15) is 104 Å². The average Bonchev–Trinajstić information content (AvgIpc) is 2.84. The largest absolute Gasteiger partial charge is 0.427 e. The lowest BCUT2D eigenvalue weighted by Gasteiger charge is -2.37. The van der Waals surface area contributed by atoms with Gasteiger partial charge in [0.15, 0.2) is 0 Å². The zero-order chi connectivity index (χ0) is 23.6. The first-order valence-corrected chi connectivity index (χ1v) is 13.5. The van der Waals surface area contributed by atoms with Crippen molar-refractivity contribution in [1.82, 2.24) is 0 Å². The van der Waals surface area contributed by atoms with Crippen molar-refractivity contribution in [2.75, 3.05) is 0 Å². The summed E-state index contributed by atoms with van der Waals surface area (Å²) in [6.45, 7) is 6.74. The predicted molar refractivity (Wildman–Crippen MR) is 132 cm³/mol. The van der Waals surface area contributed by atoms with Gasteiger partial charge in [-0.05, 0) is 99.3 Å². The molecule has 0 heterocycles. The van der Waals surface area contributed by atoms with Crippen LogP contribution in [0.2, 0.25) is 0 Å². The minimum atomic E-state index is -0.220. The van der Waals surface area contributed by atoms with E-state index in [4.69, 9.17) is 9.47 Å². The molecule has 0 radical (unpaired) electrons. The Morgan fingerprint density at radius 1 is 0.848 bits per heavy atom. The Bertz CT molecular complexity index is 724. The van der Waals surface area contributed by atoms with E-state index in [9.17, 15) is 9.59 Å². The topological polar surface area (TPSA) is 52.6 Å². The molecule has 4 nitrogen and oxygen atoms in total. The second-order valence-corrected chi connectivity index (χ2v) is 10.6. The van der Waals surface area contributed by atoms with Crippen molar-refractivity contribution in [1.29, 1.82) is 0 Å². The lowest BCUT2D eigenvalue weighted by atomic mass is 9.68. The van der Waals surface area contributed by atoms with Gasteiger partial charge in [-0.25, -0.2) is 0 Å². The van der Waals surface area contributed by atoms with Gasteiger partial charge in [-0.2, -0.15) is 0 Å². The quantitative estimate of drug-likeness (QED) is 0.267. The molecule has 4 heteroatoms. The lowest BCUT2D eigenvalue weighted by Crippen LogP contribution is -2.30. The van der Waals surface area contributed by atoms with Crippen LogP contribution in [0.5, 0.6) is 11.5 Å². The third-order valence-corrected chi connectivity index (χ3v) is 8.10. The molecule has 2 saturated carbocycles. The van der Waals surface area contributed by atoms with Crippen molar-refractivity contribution in [3.05, 3.63) is 24.3 Å². The molecule has 1 atom stereocenters. The lowest BCUT2D eigenvalue weighted by molar-refractivity contribution is -0.140. The second kappa shape index (κ2) is 13.2. The second-order valence-electron chi connectivity index (χ2n) is 10.6. The van der Waals surface area contributed by atoms with Crippen molar-refractivity contribution >= 4 is 11.9 Å². The molecule has 2 fully saturated rings. The molecule has 2 aliphatic carbocycles. The molecule has 3 rings (SSSR count). The van der Waals surface area contributed by atoms with E-state index in [0.29, 0.717) is 17.9 Å². The van der Waals surface area contributed by atoms with Crippen LogP contribution in [-0.2, 0) is 9.59 Å². The summed E-state index contributed by atoms with van der Waals surface area (Å²) in [5, 5.41) is 0. The summed E-state index contributed by atoms with van der Waals surface area (Å²) in [6, 6.07) is 6.82. The molecular formula is C29H44O4. The number of unbranched alkanes of at least 4 members (excludes halogenated alkanes) is 1. The highest BCUT2D eigenvalue weighted by atomic mass is 16.5. The first kappa shape index (κ1) is 25.8. The Morgan fingerprint density at radius 2 is 1.39 bits per heavy atom. The van der Waals surface area contributed by atoms with Gasteiger partial charge in [-0.1, -0.05) is 46.5 Å². The zero-order valence-corrected chi connectivity index (χ0v) is 21.0. The highest BCUT2D eigenvalue weighted by molar-refractivity contribution is 5.75. The van der Waals surface area contributed by atoms with Gasteiger partial charge >= 0.3 is 11.9 Å². The minimum Gasteiger partial charge on any atom is -0.427 e. The smallest absolute Gasteiger partial charge is 0.314 e. The Hall–Kier alpha value is -1.84. The fourth-order valence-corrected chi connectivity index (χ4v) is 5.74. The maximum Gasteiger partial charge on any atom is 0.314 e. The van der Waals surface area contributed by atoms with Crippen molar-refractivity contribution in [3.63, 3.8) is 0 Å². The SMILES string of the molecule is CCCCC(=O)Oc1ccc(OC(=O)C2CCC(C3CCC(CC(C)CC)CC3)CC2)cc1. The van der Waals surface area contributed by atoms with Crippen LogP contribution in [0.3, 0.4) is 0 Å². The number of hydrogen-bond acceptors (Lipinski definition) is 4. The maximum atomic E-state index is 12.7. The molecule has 0 bridgehead atoms. The Morgan fingerprint density at radius 3 is 1.94 bits per heavy atom. The number of hydrogen-bond donors (Lipinski definition) is 0. The summed E-state index contributed by atoms with van der Waals surface area (Å²) in [6.07, 6.45) is 14.7. The Labute approximate surface area is 200 Å². The summed E-state index contributed by atoms with van der Waals surface area (Å²) < 4.78 is 11.0. The molecule has 184 valence electrons. The van der Waals surface area contributed by atoms with Gasteiger partial charge in [0, 0.05) is 6.42 Å². The van der Waals surface area contributed by atoms with Crippen LogP contribution in [0.4, 0.5) is 0 Å². The monoisotopic (exact) mass is 456 g/mol. The summed E-state index contributed by atoms with van der Waals surface area (Å²) in [7, 11) is 0. The number of rotatable bonds is 10. The molecule has 0 aliphatic heterocycles. The number of carbonyl (C=O) groups is 2. The van der Waals surface area contributed by atoms with Crippen LogP contribution < -0.4 is 9.47 Å². The standard InChI is InChI=1S/C29H44O4/c1-4-6-7-28(30)32-26-16-18-27(19-17-26)33-29(31)25-14-12-24(13-15-25)23-10-8-22(9-11-23)20-21(3)5-2/h16-19,21-25H,4-15,20H2,1-3H3. The van der Waals surface area contributed by atoms with Gasteiger partial charge in [0.2, 0.25) is 0 Å². The minimum absolute atomic E-state index is 0.00883. The van der Waals surface area contributed by atoms with Crippen LogP contribution in [0.25, 0.3) is 0 Å². The fraction of sp³-hybridized carbons (Fsp3) is 0.724. The van der Waals surface area contributed by atoms with Gasteiger partial charge in [0.1, 0.15) is 11.5 Å². The van der Waals surface area contributed by atoms with E-state index in [1.807, 2.05) is 6.92 Å². The maximum absolute atomic E-state index is 12.7. The third kappa shape index (κ3) is 8.15. The van der Waals surface area contributed by atoms with Gasteiger partial charge < -0.3 is 9.47 Å². The molecule has 1 aromatic rings. The Kier molecular flexibility index (Phi) is 10.3. The van der Waals surface area contributed by atoms with E-state index in [1.54, 1.807) is 24.3 Å². The fourth-order valence-electron chi connectivity index (χ4n) is 5.74. The number of carbonyl (C=O) groups excluding carboxylic acids is 2. The number of ether oxygens (including phenoxy) is 2. The highest BCUT2D eigenvalue weighted by Crippen LogP contribution is 2.43. The first-order valence-electron chi connectivity index (χ1n) is 13.5. The number of benzene rings is 1. The van der Waals surface area contributed by atoms with E-state index in [-0.39, 0.29) is 17.9 Å². The van der Waals surface area contributed by atoms with E-state index < -0.39 is 0 Å². The summed E-state index contributed by atoms with van der Waals surface area (Å²) >= 11 is 0. The van der Waals surface area contributed by atoms with E-state index in [0.717, 1.165) is 62.2 Å². The average molecular weight is 457 g/mol. The van der Waals surface area contributed by atoms with Crippen molar-refractivity contribution in [2.45, 2.75) is 104 Å². The third-order valence-electron chi connectivity index (χ3n) is 8.10. The van der Waals surface area contributed by atoms with E-state index in [1.165, 1.54) is 38.5 Å². The van der Waals surface area contributed by atoms with Crippen molar-refractivity contribution in [3.8, 4) is 11.5 Å². The van der Waals surface area contributed by atoms with Crippen LogP contribution in [-0.4, -0.2) is 11.9 Å². The van der Waals surface area contributed by atoms with E-state index >= 15 is 0 Å². The van der Waals surface area contributed by atoms with Crippen LogP contribution >= 0.6 is 0 Å². The number of esters is 2. The Balaban J connectivity index is 1.38. The van der Waals surface area contributed by atoms with Crippen LogP contribution in [0, 0.1) is 29.6 Å². The van der Waals surface area contributed by atoms with Gasteiger partial charge in [-0.15, -0.1) is 0 Å². The van der Waals surface area contributed by atoms with Crippen molar-refractivity contribution < 1.29 is 19.1 Å². The molecule has 2 aliphatic rings. The molecule has 0 N–H and O–H groups in total. The zero-order valence-electron chi connectivity index (χ0n) is 21.0. The molecule has 1 aromatic carbocycles. The molecule has 0 saturated heterocycles. The summed E-state index contributed by atoms with van der Waals surface area (Å²) in [5.41, 5.74) is 0. The van der Waals surface area contributed by atoms with E-state index in [2.05, 4.69) is 13.8 Å². The van der Waals surface area contributed by atoms with Gasteiger partial charge in [0.25, 0.3) is 0 Å². The molecule has 1 unspecified atom stereocenters. The molecular weight excluding hydrogens is 412 g/mol. The predicted octanol–water partition coefficient (Wildman–Crippen LogP) is 7.74. The summed E-state index contributed by atoms with van der Waals surface area (Å²) in [4.78, 5) is 24.4. The molecule has 0 spiro atoms. The molecule has 0 aromatic heterocycles. The van der Waals surface area contributed by atoms with Crippen LogP contribution in [0.15, 0.2) is 24.3 Å². The van der Waals surface area contributed by atoms with Crippen molar-refractivity contribution in [2.24, 2.45) is 29.6 Å². The first-order chi connectivity index (χ1) is 16.0. The molecule has 33 heavy (non-hydrogen) atoms. The highest BCUT2D eigenvalue weighted by Gasteiger charge is 2.33. The van der Waals surface area contributed by atoms with Gasteiger partial charge in [0.05, 0.1) is 5.92 Å². The van der Waals surface area contributed by atoms with Gasteiger partial charge in [-0.3, -0.25) is 9.59 Å². The molecule has 0 amide bonds. The summed E-state index contributed by atoms with van der Waals surface area (Å²) in [5.74, 6) is 4.16.